The Balaban J connectivity index is 1.66. The monoisotopic (exact) mass is 385 g/mol. The van der Waals surface area contributed by atoms with Gasteiger partial charge in [0.05, 0.1) is 30.9 Å². The Labute approximate surface area is 162 Å². The van der Waals surface area contributed by atoms with Crippen molar-refractivity contribution in [1.82, 2.24) is 14.9 Å². The summed E-state index contributed by atoms with van der Waals surface area (Å²) in [7, 11) is 0. The summed E-state index contributed by atoms with van der Waals surface area (Å²) in [4.78, 5) is 24.4. The van der Waals surface area contributed by atoms with Crippen molar-refractivity contribution in [2.24, 2.45) is 5.10 Å². The second-order valence-corrected chi connectivity index (χ2v) is 6.62. The number of ether oxygens (including phenoxy) is 1. The maximum atomic E-state index is 12.0. The predicted molar refractivity (Wildman–Crippen MR) is 105 cm³/mol. The third kappa shape index (κ3) is 4.62. The minimum atomic E-state index is -0.420. The number of nitrogens with one attached hydrogen (secondary N) is 1. The molecule has 0 radical (unpaired) electrons. The standard InChI is InChI=1S/C19H23N5O4/c1-14-11-16(12-20-21-19(25)13-22-7-9-28-10-8-22)15(2)23(14)17-3-5-18(6-4-17)24(26)27/h3-6,11-12H,7-10,13H2,1-2H3,(H,21,25)/b20-12+. The lowest BCUT2D eigenvalue weighted by Crippen LogP contribution is -2.42. The quantitative estimate of drug-likeness (QED) is 0.464. The number of carbonyl (C=O) groups excluding carboxylic acids is 1. The summed E-state index contributed by atoms with van der Waals surface area (Å²) in [6.07, 6.45) is 1.61. The molecule has 0 unspecified atom stereocenters. The predicted octanol–water partition coefficient (Wildman–Crippen LogP) is 1.78. The van der Waals surface area contributed by atoms with Crippen molar-refractivity contribution in [2.45, 2.75) is 13.8 Å². The van der Waals surface area contributed by atoms with Crippen LogP contribution in [0, 0.1) is 24.0 Å². The third-order valence-electron chi connectivity index (χ3n) is 4.65. The van der Waals surface area contributed by atoms with Crippen molar-refractivity contribution in [2.75, 3.05) is 32.8 Å². The van der Waals surface area contributed by atoms with E-state index in [1.807, 2.05) is 29.4 Å². The molecule has 3 rings (SSSR count). The first-order valence-electron chi connectivity index (χ1n) is 9.01. The molecule has 2 aromatic rings. The average Bonchev–Trinajstić information content (AvgIpc) is 2.96. The van der Waals surface area contributed by atoms with Crippen LogP contribution in [0.5, 0.6) is 0 Å². The lowest BCUT2D eigenvalue weighted by Gasteiger charge is -2.25. The molecule has 9 nitrogen and oxygen atoms in total. The number of carbonyl (C=O) groups is 1. The number of nitrogens with zero attached hydrogens (tertiary/aromatic N) is 4. The van der Waals surface area contributed by atoms with Crippen LogP contribution < -0.4 is 5.43 Å². The highest BCUT2D eigenvalue weighted by molar-refractivity contribution is 5.84. The van der Waals surface area contributed by atoms with Gasteiger partial charge in [0.1, 0.15) is 0 Å². The largest absolute Gasteiger partial charge is 0.379 e. The van der Waals surface area contributed by atoms with Gasteiger partial charge in [0.2, 0.25) is 0 Å². The van der Waals surface area contributed by atoms with Gasteiger partial charge in [-0.1, -0.05) is 0 Å². The second kappa shape index (κ2) is 8.77. The van der Waals surface area contributed by atoms with E-state index in [-0.39, 0.29) is 11.6 Å². The molecule has 1 saturated heterocycles. The molecule has 0 bridgehead atoms. The number of amides is 1. The Bertz CT molecular complexity index is 882. The lowest BCUT2D eigenvalue weighted by atomic mass is 10.2. The van der Waals surface area contributed by atoms with Gasteiger partial charge in [-0.05, 0) is 32.0 Å². The van der Waals surface area contributed by atoms with E-state index in [0.717, 1.165) is 35.7 Å². The molecule has 1 aromatic carbocycles. The fraction of sp³-hybridized carbons (Fsp3) is 0.368. The second-order valence-electron chi connectivity index (χ2n) is 6.62. The first kappa shape index (κ1) is 19.7. The highest BCUT2D eigenvalue weighted by Crippen LogP contribution is 2.22. The number of nitro groups is 1. The molecular formula is C19H23N5O4. The Morgan fingerprint density at radius 3 is 2.61 bits per heavy atom. The first-order valence-corrected chi connectivity index (χ1v) is 9.01. The SMILES string of the molecule is Cc1cc(/C=N/NC(=O)CN2CCOCC2)c(C)n1-c1ccc([N+](=O)[O-])cc1. The Hall–Kier alpha value is -3.04. The summed E-state index contributed by atoms with van der Waals surface area (Å²) in [5.41, 5.74) is 6.20. The molecule has 0 spiro atoms. The molecule has 0 aliphatic carbocycles. The molecular weight excluding hydrogens is 362 g/mol. The molecule has 0 atom stereocenters. The van der Waals surface area contributed by atoms with Crippen LogP contribution in [0.1, 0.15) is 17.0 Å². The molecule has 148 valence electrons. The molecule has 1 aromatic heterocycles. The fourth-order valence-corrected chi connectivity index (χ4v) is 3.21. The van der Waals surface area contributed by atoms with Crippen molar-refractivity contribution < 1.29 is 14.5 Å². The summed E-state index contributed by atoms with van der Waals surface area (Å²) < 4.78 is 7.25. The van der Waals surface area contributed by atoms with Crippen LogP contribution in [0.3, 0.4) is 0 Å². The molecule has 1 aliphatic rings. The number of hydrogen-bond acceptors (Lipinski definition) is 6. The maximum absolute atomic E-state index is 12.0. The number of rotatable bonds is 6. The molecule has 1 fully saturated rings. The van der Waals surface area contributed by atoms with E-state index in [0.29, 0.717) is 19.8 Å². The van der Waals surface area contributed by atoms with Gasteiger partial charge in [0, 0.05) is 47.9 Å². The summed E-state index contributed by atoms with van der Waals surface area (Å²) in [6, 6.07) is 8.34. The number of nitro benzene ring substituents is 1. The first-order chi connectivity index (χ1) is 13.5. The highest BCUT2D eigenvalue weighted by atomic mass is 16.6. The highest BCUT2D eigenvalue weighted by Gasteiger charge is 2.14. The van der Waals surface area contributed by atoms with Gasteiger partial charge in [-0.25, -0.2) is 5.43 Å². The minimum Gasteiger partial charge on any atom is -0.379 e. The number of morpholine rings is 1. The minimum absolute atomic E-state index is 0.0518. The molecule has 1 N–H and O–H groups in total. The van der Waals surface area contributed by atoms with Crippen LogP contribution in [-0.2, 0) is 9.53 Å². The van der Waals surface area contributed by atoms with Crippen molar-refractivity contribution in [1.29, 1.82) is 0 Å². The van der Waals surface area contributed by atoms with Gasteiger partial charge in [-0.3, -0.25) is 19.8 Å². The van der Waals surface area contributed by atoms with E-state index in [4.69, 9.17) is 4.74 Å². The number of aromatic nitrogens is 1. The van der Waals surface area contributed by atoms with Gasteiger partial charge >= 0.3 is 0 Å². The van der Waals surface area contributed by atoms with Gasteiger partial charge in [-0.2, -0.15) is 5.10 Å². The third-order valence-corrected chi connectivity index (χ3v) is 4.65. The van der Waals surface area contributed by atoms with E-state index in [1.165, 1.54) is 12.1 Å². The summed E-state index contributed by atoms with van der Waals surface area (Å²) in [5.74, 6) is -0.165. The topological polar surface area (TPSA) is 102 Å². The number of hydrogen-bond donors (Lipinski definition) is 1. The molecule has 2 heterocycles. The molecule has 28 heavy (non-hydrogen) atoms. The number of aryl methyl sites for hydroxylation is 1. The molecule has 1 amide bonds. The van der Waals surface area contributed by atoms with Crippen LogP contribution >= 0.6 is 0 Å². The summed E-state index contributed by atoms with van der Waals surface area (Å²) >= 11 is 0. The zero-order chi connectivity index (χ0) is 20.1. The van der Waals surface area contributed by atoms with E-state index >= 15 is 0 Å². The number of benzene rings is 1. The van der Waals surface area contributed by atoms with Crippen molar-refractivity contribution in [3.63, 3.8) is 0 Å². The number of non-ortho nitro benzene ring substituents is 1. The normalized spacial score (nSPS) is 15.1. The number of hydrazone groups is 1. The summed E-state index contributed by atoms with van der Waals surface area (Å²) in [6.45, 7) is 6.95. The van der Waals surface area contributed by atoms with Crippen molar-refractivity contribution in [3.8, 4) is 5.69 Å². The van der Waals surface area contributed by atoms with Crippen LogP contribution in [0.4, 0.5) is 5.69 Å². The smallest absolute Gasteiger partial charge is 0.269 e. The van der Waals surface area contributed by atoms with E-state index in [1.54, 1.807) is 18.3 Å². The van der Waals surface area contributed by atoms with Crippen LogP contribution in [0.25, 0.3) is 5.69 Å². The van der Waals surface area contributed by atoms with E-state index in [9.17, 15) is 14.9 Å². The Kier molecular flexibility index (Phi) is 6.17. The lowest BCUT2D eigenvalue weighted by molar-refractivity contribution is -0.384. The van der Waals surface area contributed by atoms with Crippen LogP contribution in [0.2, 0.25) is 0 Å². The van der Waals surface area contributed by atoms with E-state index in [2.05, 4.69) is 10.5 Å². The van der Waals surface area contributed by atoms with Gasteiger partial charge in [0.25, 0.3) is 11.6 Å². The van der Waals surface area contributed by atoms with Crippen molar-refractivity contribution >= 4 is 17.8 Å². The van der Waals surface area contributed by atoms with Gasteiger partial charge in [0.15, 0.2) is 0 Å². The zero-order valence-electron chi connectivity index (χ0n) is 15.9. The van der Waals surface area contributed by atoms with Gasteiger partial charge in [-0.15, -0.1) is 0 Å². The fourth-order valence-electron chi connectivity index (χ4n) is 3.21. The maximum Gasteiger partial charge on any atom is 0.269 e. The van der Waals surface area contributed by atoms with Gasteiger partial charge < -0.3 is 9.30 Å². The molecule has 9 heteroatoms. The van der Waals surface area contributed by atoms with E-state index < -0.39 is 4.92 Å². The Morgan fingerprint density at radius 1 is 1.29 bits per heavy atom. The summed E-state index contributed by atoms with van der Waals surface area (Å²) in [5, 5.41) is 14.9. The molecule has 0 saturated carbocycles. The zero-order valence-corrected chi connectivity index (χ0v) is 15.9. The molecule has 1 aliphatic heterocycles. The Morgan fingerprint density at radius 2 is 1.96 bits per heavy atom. The average molecular weight is 385 g/mol. The van der Waals surface area contributed by atoms with Crippen LogP contribution in [-0.4, -0.2) is 59.4 Å². The van der Waals surface area contributed by atoms with Crippen LogP contribution in [0.15, 0.2) is 35.4 Å². The van der Waals surface area contributed by atoms with Crippen molar-refractivity contribution in [3.05, 3.63) is 57.4 Å².